The molecular formula is C14H16N2O3S. The summed E-state index contributed by atoms with van der Waals surface area (Å²) in [5.41, 5.74) is 0.453. The molecule has 6 heteroatoms. The Morgan fingerprint density at radius 2 is 2.20 bits per heavy atom. The van der Waals surface area contributed by atoms with Crippen molar-refractivity contribution in [3.05, 3.63) is 35.3 Å². The number of hydrogen-bond acceptors (Lipinski definition) is 5. The van der Waals surface area contributed by atoms with Crippen molar-refractivity contribution in [3.63, 3.8) is 0 Å². The summed E-state index contributed by atoms with van der Waals surface area (Å²) < 4.78 is 10.8. The number of nitrogens with zero attached hydrogens (tertiary/aromatic N) is 1. The van der Waals surface area contributed by atoms with E-state index in [2.05, 4.69) is 10.3 Å². The minimum Gasteiger partial charge on any atom is -0.497 e. The van der Waals surface area contributed by atoms with E-state index in [0.717, 1.165) is 0 Å². The average molecular weight is 292 g/mol. The number of carbonyl (C=O) groups is 1. The van der Waals surface area contributed by atoms with Crippen molar-refractivity contribution in [3.8, 4) is 11.5 Å². The zero-order valence-electron chi connectivity index (χ0n) is 11.5. The second-order valence-corrected chi connectivity index (χ2v) is 5.21. The van der Waals surface area contributed by atoms with E-state index in [1.54, 1.807) is 36.9 Å². The van der Waals surface area contributed by atoms with Gasteiger partial charge in [-0.3, -0.25) is 10.1 Å². The molecule has 5 nitrogen and oxygen atoms in total. The van der Waals surface area contributed by atoms with Crippen molar-refractivity contribution in [1.29, 1.82) is 0 Å². The molecule has 0 spiro atoms. The van der Waals surface area contributed by atoms with E-state index in [1.807, 2.05) is 13.8 Å². The SMILES string of the molecule is COc1ccc(C(=O)Nc2nccs2)c(OC(C)C)c1. The molecule has 0 aliphatic carbocycles. The van der Waals surface area contributed by atoms with Gasteiger partial charge in [0.2, 0.25) is 0 Å². The van der Waals surface area contributed by atoms with Gasteiger partial charge in [-0.2, -0.15) is 0 Å². The van der Waals surface area contributed by atoms with Crippen LogP contribution in [0.5, 0.6) is 11.5 Å². The Morgan fingerprint density at radius 3 is 2.80 bits per heavy atom. The number of aromatic nitrogens is 1. The molecule has 2 aromatic rings. The molecule has 20 heavy (non-hydrogen) atoms. The first-order chi connectivity index (χ1) is 9.60. The van der Waals surface area contributed by atoms with E-state index in [4.69, 9.17) is 9.47 Å². The van der Waals surface area contributed by atoms with Gasteiger partial charge in [0.25, 0.3) is 5.91 Å². The number of anilines is 1. The number of benzene rings is 1. The third-order valence-electron chi connectivity index (χ3n) is 2.45. The van der Waals surface area contributed by atoms with Crippen molar-refractivity contribution >= 4 is 22.4 Å². The van der Waals surface area contributed by atoms with Crippen LogP contribution in [0.3, 0.4) is 0 Å². The monoisotopic (exact) mass is 292 g/mol. The summed E-state index contributed by atoms with van der Waals surface area (Å²) in [6, 6.07) is 5.11. The number of ether oxygens (including phenoxy) is 2. The summed E-state index contributed by atoms with van der Waals surface area (Å²) in [5, 5.41) is 5.09. The van der Waals surface area contributed by atoms with Crippen LogP contribution in [0.15, 0.2) is 29.8 Å². The predicted octanol–water partition coefficient (Wildman–Crippen LogP) is 3.19. The molecular weight excluding hydrogens is 276 g/mol. The van der Waals surface area contributed by atoms with Gasteiger partial charge in [0.05, 0.1) is 18.8 Å². The fourth-order valence-electron chi connectivity index (χ4n) is 1.62. The van der Waals surface area contributed by atoms with E-state index in [0.29, 0.717) is 22.2 Å². The molecule has 0 fully saturated rings. The Hall–Kier alpha value is -2.08. The number of amides is 1. The van der Waals surface area contributed by atoms with E-state index in [1.165, 1.54) is 11.3 Å². The van der Waals surface area contributed by atoms with E-state index in [9.17, 15) is 4.79 Å². The maximum Gasteiger partial charge on any atom is 0.261 e. The van der Waals surface area contributed by atoms with Gasteiger partial charge >= 0.3 is 0 Å². The van der Waals surface area contributed by atoms with Crippen LogP contribution in [0.4, 0.5) is 5.13 Å². The van der Waals surface area contributed by atoms with Gasteiger partial charge in [-0.1, -0.05) is 0 Å². The second kappa shape index (κ2) is 6.38. The van der Waals surface area contributed by atoms with Gasteiger partial charge in [-0.25, -0.2) is 4.98 Å². The smallest absolute Gasteiger partial charge is 0.261 e. The molecule has 0 aliphatic rings. The molecule has 106 valence electrons. The maximum atomic E-state index is 12.2. The number of rotatable bonds is 5. The quantitative estimate of drug-likeness (QED) is 0.919. The first kappa shape index (κ1) is 14.3. The van der Waals surface area contributed by atoms with E-state index < -0.39 is 0 Å². The van der Waals surface area contributed by atoms with Crippen LogP contribution in [0.25, 0.3) is 0 Å². The molecule has 0 saturated carbocycles. The van der Waals surface area contributed by atoms with Crippen LogP contribution < -0.4 is 14.8 Å². The van der Waals surface area contributed by atoms with E-state index in [-0.39, 0.29) is 12.0 Å². The molecule has 2 rings (SSSR count). The maximum absolute atomic E-state index is 12.2. The molecule has 1 N–H and O–H groups in total. The summed E-state index contributed by atoms with van der Waals surface area (Å²) in [4.78, 5) is 16.3. The zero-order chi connectivity index (χ0) is 14.5. The molecule has 0 aliphatic heterocycles. The molecule has 0 radical (unpaired) electrons. The summed E-state index contributed by atoms with van der Waals surface area (Å²) in [6.45, 7) is 3.81. The Bertz CT molecular complexity index is 582. The minimum atomic E-state index is -0.252. The number of hydrogen-bond donors (Lipinski definition) is 1. The Balaban J connectivity index is 2.26. The van der Waals surface area contributed by atoms with Gasteiger partial charge in [-0.05, 0) is 26.0 Å². The van der Waals surface area contributed by atoms with Crippen LogP contribution in [-0.2, 0) is 0 Å². The molecule has 1 aromatic heterocycles. The Kier molecular flexibility index (Phi) is 4.57. The van der Waals surface area contributed by atoms with Gasteiger partial charge in [-0.15, -0.1) is 11.3 Å². The lowest BCUT2D eigenvalue weighted by Crippen LogP contribution is -2.15. The third kappa shape index (κ3) is 3.48. The number of thiazole rings is 1. The number of carbonyl (C=O) groups excluding carboxylic acids is 1. The fourth-order valence-corrected chi connectivity index (χ4v) is 2.14. The summed E-state index contributed by atoms with van der Waals surface area (Å²) >= 11 is 1.36. The van der Waals surface area contributed by atoms with Gasteiger partial charge in [0.1, 0.15) is 11.5 Å². The number of methoxy groups -OCH3 is 1. The summed E-state index contributed by atoms with van der Waals surface area (Å²) in [6.07, 6.45) is 1.60. The molecule has 1 aromatic carbocycles. The summed E-state index contributed by atoms with van der Waals surface area (Å²) in [5.74, 6) is 0.887. The standard InChI is InChI=1S/C14H16N2O3S/c1-9(2)19-12-8-10(18-3)4-5-11(12)13(17)16-14-15-6-7-20-14/h4-9H,1-3H3,(H,15,16,17). The molecule has 0 atom stereocenters. The minimum absolute atomic E-state index is 0.0338. The molecule has 0 unspecified atom stereocenters. The first-order valence-electron chi connectivity index (χ1n) is 6.15. The van der Waals surface area contributed by atoms with Crippen LogP contribution >= 0.6 is 11.3 Å². The average Bonchev–Trinajstić information content (AvgIpc) is 2.90. The van der Waals surface area contributed by atoms with Crippen molar-refractivity contribution in [2.75, 3.05) is 12.4 Å². The highest BCUT2D eigenvalue weighted by Gasteiger charge is 2.15. The molecule has 1 amide bonds. The predicted molar refractivity (Wildman–Crippen MR) is 78.8 cm³/mol. The van der Waals surface area contributed by atoms with Crippen LogP contribution in [0, 0.1) is 0 Å². The first-order valence-corrected chi connectivity index (χ1v) is 7.03. The highest BCUT2D eigenvalue weighted by molar-refractivity contribution is 7.13. The lowest BCUT2D eigenvalue weighted by atomic mass is 10.1. The second-order valence-electron chi connectivity index (χ2n) is 4.32. The highest BCUT2D eigenvalue weighted by Crippen LogP contribution is 2.27. The molecule has 0 saturated heterocycles. The fraction of sp³-hybridized carbons (Fsp3) is 0.286. The Morgan fingerprint density at radius 1 is 1.40 bits per heavy atom. The lowest BCUT2D eigenvalue weighted by Gasteiger charge is -2.14. The lowest BCUT2D eigenvalue weighted by molar-refractivity contribution is 0.102. The van der Waals surface area contributed by atoms with Crippen LogP contribution in [0.2, 0.25) is 0 Å². The number of nitrogens with one attached hydrogen (secondary N) is 1. The molecule has 1 heterocycles. The van der Waals surface area contributed by atoms with Gasteiger partial charge in [0, 0.05) is 17.6 Å². The topological polar surface area (TPSA) is 60.5 Å². The molecule has 0 bridgehead atoms. The zero-order valence-corrected chi connectivity index (χ0v) is 12.4. The van der Waals surface area contributed by atoms with E-state index >= 15 is 0 Å². The van der Waals surface area contributed by atoms with Crippen LogP contribution in [-0.4, -0.2) is 24.1 Å². The normalized spacial score (nSPS) is 10.4. The third-order valence-corrected chi connectivity index (χ3v) is 3.14. The van der Waals surface area contributed by atoms with Crippen molar-refractivity contribution < 1.29 is 14.3 Å². The van der Waals surface area contributed by atoms with Gasteiger partial charge in [0.15, 0.2) is 5.13 Å². The van der Waals surface area contributed by atoms with Crippen LogP contribution in [0.1, 0.15) is 24.2 Å². The van der Waals surface area contributed by atoms with Crippen molar-refractivity contribution in [1.82, 2.24) is 4.98 Å². The van der Waals surface area contributed by atoms with Crippen molar-refractivity contribution in [2.24, 2.45) is 0 Å². The largest absolute Gasteiger partial charge is 0.497 e. The highest BCUT2D eigenvalue weighted by atomic mass is 32.1. The van der Waals surface area contributed by atoms with Crippen molar-refractivity contribution in [2.45, 2.75) is 20.0 Å². The Labute approximate surface area is 121 Å². The summed E-state index contributed by atoms with van der Waals surface area (Å²) in [7, 11) is 1.57. The van der Waals surface area contributed by atoms with Gasteiger partial charge < -0.3 is 9.47 Å².